The topological polar surface area (TPSA) is 38.3 Å². The minimum absolute atomic E-state index is 0.0316. The molecule has 1 heterocycles. The number of carbonyl (C=O) groups excluding carboxylic acids is 1. The molecule has 3 nitrogen and oxygen atoms in total. The van der Waals surface area contributed by atoms with E-state index >= 15 is 0 Å². The lowest BCUT2D eigenvalue weighted by molar-refractivity contribution is -0.123. The molecule has 0 aromatic heterocycles. The molecule has 0 fully saturated rings. The zero-order chi connectivity index (χ0) is 13.7. The monoisotopic (exact) mass is 343 g/mol. The lowest BCUT2D eigenvalue weighted by Gasteiger charge is -2.19. The third-order valence-corrected chi connectivity index (χ3v) is 4.83. The van der Waals surface area contributed by atoms with Crippen LogP contribution in [0.1, 0.15) is 17.9 Å². The maximum atomic E-state index is 12.4. The van der Waals surface area contributed by atoms with Crippen molar-refractivity contribution in [3.63, 3.8) is 0 Å². The molecule has 1 aromatic rings. The molecule has 0 spiro atoms. The zero-order valence-corrected chi connectivity index (χ0v) is 13.3. The first-order chi connectivity index (χ1) is 9.26. The van der Waals surface area contributed by atoms with Crippen molar-refractivity contribution in [1.29, 1.82) is 0 Å². The normalized spacial score (nSPS) is 18.9. The highest BCUT2D eigenvalue weighted by Crippen LogP contribution is 2.39. The number of amides is 1. The molecule has 19 heavy (non-hydrogen) atoms. The van der Waals surface area contributed by atoms with Gasteiger partial charge in [0.2, 0.25) is 5.91 Å². The number of hydrogen-bond donors (Lipinski definition) is 1. The van der Waals surface area contributed by atoms with Crippen LogP contribution in [0.2, 0.25) is 0 Å². The van der Waals surface area contributed by atoms with E-state index in [1.54, 1.807) is 18.9 Å². The van der Waals surface area contributed by atoms with Gasteiger partial charge in [-0.1, -0.05) is 34.1 Å². The van der Waals surface area contributed by atoms with Gasteiger partial charge in [0.15, 0.2) is 0 Å². The summed E-state index contributed by atoms with van der Waals surface area (Å²) in [5, 5.41) is 3.95. The van der Waals surface area contributed by atoms with Crippen LogP contribution < -0.4 is 5.32 Å². The molecule has 5 heteroatoms. The summed E-state index contributed by atoms with van der Waals surface area (Å²) in [4.78, 5) is 13.6. The van der Waals surface area contributed by atoms with Gasteiger partial charge in [0.1, 0.15) is 0 Å². The number of ether oxygens (including phenoxy) is 1. The SMILES string of the molecule is COCC(CCBr)NC(=O)C1CSc2ccccc21. The van der Waals surface area contributed by atoms with E-state index in [4.69, 9.17) is 4.74 Å². The van der Waals surface area contributed by atoms with Crippen molar-refractivity contribution in [2.75, 3.05) is 24.8 Å². The van der Waals surface area contributed by atoms with Gasteiger partial charge in [0.25, 0.3) is 0 Å². The fraction of sp³-hybridized carbons (Fsp3) is 0.500. The first-order valence-corrected chi connectivity index (χ1v) is 8.44. The Morgan fingerprint density at radius 2 is 2.37 bits per heavy atom. The molecule has 0 saturated carbocycles. The number of carbonyl (C=O) groups is 1. The minimum Gasteiger partial charge on any atom is -0.383 e. The van der Waals surface area contributed by atoms with Crippen LogP contribution in [0.4, 0.5) is 0 Å². The second-order valence-corrected chi connectivity index (χ2v) is 6.39. The number of methoxy groups -OCH3 is 1. The van der Waals surface area contributed by atoms with E-state index in [9.17, 15) is 4.79 Å². The van der Waals surface area contributed by atoms with E-state index in [2.05, 4.69) is 33.4 Å². The number of fused-ring (bicyclic) bond motifs is 1. The number of halogens is 1. The fourth-order valence-electron chi connectivity index (χ4n) is 2.21. The van der Waals surface area contributed by atoms with Gasteiger partial charge in [-0.05, 0) is 18.1 Å². The highest BCUT2D eigenvalue weighted by Gasteiger charge is 2.29. The van der Waals surface area contributed by atoms with Gasteiger partial charge >= 0.3 is 0 Å². The maximum absolute atomic E-state index is 12.4. The molecule has 2 atom stereocenters. The molecule has 1 amide bonds. The molecule has 0 radical (unpaired) electrons. The number of nitrogens with one attached hydrogen (secondary N) is 1. The number of hydrogen-bond acceptors (Lipinski definition) is 3. The van der Waals surface area contributed by atoms with E-state index in [-0.39, 0.29) is 17.9 Å². The van der Waals surface area contributed by atoms with Crippen LogP contribution in [0.5, 0.6) is 0 Å². The molecule has 104 valence electrons. The van der Waals surface area contributed by atoms with E-state index in [1.165, 1.54) is 4.90 Å². The highest BCUT2D eigenvalue weighted by molar-refractivity contribution is 9.09. The van der Waals surface area contributed by atoms with Crippen LogP contribution >= 0.6 is 27.7 Å². The number of rotatable bonds is 6. The van der Waals surface area contributed by atoms with Crippen LogP contribution in [-0.4, -0.2) is 36.7 Å². The average Bonchev–Trinajstić information content (AvgIpc) is 2.83. The van der Waals surface area contributed by atoms with Gasteiger partial charge in [-0.15, -0.1) is 11.8 Å². The van der Waals surface area contributed by atoms with Crippen molar-refractivity contribution < 1.29 is 9.53 Å². The van der Waals surface area contributed by atoms with Crippen LogP contribution in [0.15, 0.2) is 29.2 Å². The average molecular weight is 344 g/mol. The quantitative estimate of drug-likeness (QED) is 0.807. The highest BCUT2D eigenvalue weighted by atomic mass is 79.9. The van der Waals surface area contributed by atoms with Crippen molar-refractivity contribution in [3.05, 3.63) is 29.8 Å². The molecule has 1 aliphatic rings. The number of thioether (sulfide) groups is 1. The Morgan fingerprint density at radius 1 is 1.58 bits per heavy atom. The summed E-state index contributed by atoms with van der Waals surface area (Å²) in [6, 6.07) is 8.23. The lowest BCUT2D eigenvalue weighted by atomic mass is 10.00. The molecule has 0 bridgehead atoms. The summed E-state index contributed by atoms with van der Waals surface area (Å²) >= 11 is 5.17. The van der Waals surface area contributed by atoms with E-state index in [0.717, 1.165) is 23.1 Å². The summed E-state index contributed by atoms with van der Waals surface area (Å²) in [7, 11) is 1.66. The largest absolute Gasteiger partial charge is 0.383 e. The number of benzene rings is 1. The van der Waals surface area contributed by atoms with Crippen molar-refractivity contribution in [2.45, 2.75) is 23.3 Å². The van der Waals surface area contributed by atoms with Crippen LogP contribution in [0.3, 0.4) is 0 Å². The Balaban J connectivity index is 2.01. The van der Waals surface area contributed by atoms with Crippen molar-refractivity contribution in [1.82, 2.24) is 5.32 Å². The number of alkyl halides is 1. The van der Waals surface area contributed by atoms with Gasteiger partial charge < -0.3 is 10.1 Å². The Bertz CT molecular complexity index is 435. The third kappa shape index (κ3) is 3.74. The molecular weight excluding hydrogens is 326 g/mol. The summed E-state index contributed by atoms with van der Waals surface area (Å²) in [5.41, 5.74) is 1.15. The van der Waals surface area contributed by atoms with Crippen LogP contribution in [0.25, 0.3) is 0 Å². The smallest absolute Gasteiger partial charge is 0.228 e. The van der Waals surface area contributed by atoms with Gasteiger partial charge in [-0.3, -0.25) is 4.79 Å². The Hall–Kier alpha value is -0.520. The zero-order valence-electron chi connectivity index (χ0n) is 10.9. The summed E-state index contributed by atoms with van der Waals surface area (Å²) in [6.45, 7) is 0.554. The fourth-order valence-corrected chi connectivity index (χ4v) is 3.99. The van der Waals surface area contributed by atoms with Gasteiger partial charge in [-0.25, -0.2) is 0 Å². The molecule has 2 rings (SSSR count). The molecule has 1 aromatic carbocycles. The molecule has 0 saturated heterocycles. The first-order valence-electron chi connectivity index (χ1n) is 6.33. The minimum atomic E-state index is -0.0316. The predicted molar refractivity (Wildman–Crippen MR) is 82.1 cm³/mol. The van der Waals surface area contributed by atoms with Crippen LogP contribution in [-0.2, 0) is 9.53 Å². The van der Waals surface area contributed by atoms with Crippen molar-refractivity contribution in [2.24, 2.45) is 0 Å². The summed E-state index contributed by atoms with van der Waals surface area (Å²) in [6.07, 6.45) is 0.876. The Kier molecular flexibility index (Phi) is 5.73. The predicted octanol–water partition coefficient (Wildman–Crippen LogP) is 2.79. The summed E-state index contributed by atoms with van der Waals surface area (Å²) in [5.74, 6) is 0.912. The second kappa shape index (κ2) is 7.31. The Labute approximate surface area is 126 Å². The summed E-state index contributed by atoms with van der Waals surface area (Å²) < 4.78 is 5.15. The molecule has 1 aliphatic heterocycles. The van der Waals surface area contributed by atoms with Gasteiger partial charge in [0, 0.05) is 23.1 Å². The van der Waals surface area contributed by atoms with Crippen LogP contribution in [0, 0.1) is 0 Å². The Morgan fingerprint density at radius 3 is 3.11 bits per heavy atom. The van der Waals surface area contributed by atoms with Gasteiger partial charge in [0.05, 0.1) is 18.6 Å². The van der Waals surface area contributed by atoms with E-state index < -0.39 is 0 Å². The van der Waals surface area contributed by atoms with Crippen molar-refractivity contribution >= 4 is 33.6 Å². The molecule has 1 N–H and O–H groups in total. The van der Waals surface area contributed by atoms with Crippen molar-refractivity contribution in [3.8, 4) is 0 Å². The van der Waals surface area contributed by atoms with E-state index in [0.29, 0.717) is 6.61 Å². The molecule has 2 unspecified atom stereocenters. The second-order valence-electron chi connectivity index (χ2n) is 4.54. The van der Waals surface area contributed by atoms with E-state index in [1.807, 2.05) is 12.1 Å². The third-order valence-electron chi connectivity index (χ3n) is 3.19. The standard InChI is InChI=1S/C14H18BrNO2S/c1-18-8-10(6-7-15)16-14(17)12-9-19-13-5-3-2-4-11(12)13/h2-5,10,12H,6-9H2,1H3,(H,16,17). The maximum Gasteiger partial charge on any atom is 0.228 e. The lowest BCUT2D eigenvalue weighted by Crippen LogP contribution is -2.41. The molecule has 0 aliphatic carbocycles. The first kappa shape index (κ1) is 14.9. The molecular formula is C14H18BrNO2S. The van der Waals surface area contributed by atoms with Gasteiger partial charge in [-0.2, -0.15) is 0 Å².